The van der Waals surface area contributed by atoms with E-state index in [0.29, 0.717) is 0 Å². The lowest BCUT2D eigenvalue weighted by molar-refractivity contribution is 0.401. The van der Waals surface area contributed by atoms with Gasteiger partial charge in [-0.05, 0) is 96.7 Å². The summed E-state index contributed by atoms with van der Waals surface area (Å²) in [7, 11) is 0. The van der Waals surface area contributed by atoms with Gasteiger partial charge in [0.25, 0.3) is 0 Å². The molecule has 0 bridgehead atoms. The summed E-state index contributed by atoms with van der Waals surface area (Å²) in [4.78, 5) is 2.65. The van der Waals surface area contributed by atoms with Crippen LogP contribution in [0.5, 0.6) is 0 Å². The van der Waals surface area contributed by atoms with Crippen molar-refractivity contribution >= 4 is 11.8 Å². The Morgan fingerprint density at radius 1 is 0.900 bits per heavy atom. The number of hydrogen-bond donors (Lipinski definition) is 0. The van der Waals surface area contributed by atoms with E-state index in [2.05, 4.69) is 88.9 Å². The first-order chi connectivity index (χ1) is 14.2. The second-order valence-corrected chi connectivity index (χ2v) is 10.9. The van der Waals surface area contributed by atoms with Crippen molar-refractivity contribution in [2.24, 2.45) is 0 Å². The molecule has 0 spiro atoms. The molecule has 0 amide bonds. The first-order valence-electron chi connectivity index (χ1n) is 11.8. The molecule has 2 aromatic rings. The number of anilines is 1. The molecule has 1 nitrogen and oxygen atoms in total. The van der Waals surface area contributed by atoms with E-state index in [1.165, 1.54) is 61.0 Å². The number of hydrogen-bond acceptors (Lipinski definition) is 1. The molecule has 0 atom stereocenters. The van der Waals surface area contributed by atoms with Gasteiger partial charge in [0, 0.05) is 18.8 Å². The van der Waals surface area contributed by atoms with Crippen LogP contribution in [0.2, 0.25) is 0 Å². The molecule has 2 aromatic carbocycles. The normalized spacial score (nSPS) is 19.2. The van der Waals surface area contributed by atoms with Crippen molar-refractivity contribution in [2.45, 2.75) is 84.5 Å². The number of benzene rings is 2. The van der Waals surface area contributed by atoms with Gasteiger partial charge in [-0.2, -0.15) is 0 Å². The molecule has 0 saturated heterocycles. The molecular formula is C29H39N. The summed E-state index contributed by atoms with van der Waals surface area (Å²) in [6.07, 6.45) is 10.8. The molecule has 0 unspecified atom stereocenters. The molecule has 4 rings (SSSR count). The van der Waals surface area contributed by atoms with Gasteiger partial charge < -0.3 is 4.90 Å². The molecule has 0 saturated carbocycles. The maximum Gasteiger partial charge on any atom is 0.0442 e. The fraction of sp³-hybridized carbons (Fsp3) is 0.517. The Balaban J connectivity index is 1.52. The first kappa shape index (κ1) is 21.2. The van der Waals surface area contributed by atoms with Gasteiger partial charge in [0.15, 0.2) is 0 Å². The summed E-state index contributed by atoms with van der Waals surface area (Å²) in [5.74, 6) is 0. The second-order valence-electron chi connectivity index (χ2n) is 10.9. The van der Waals surface area contributed by atoms with Crippen LogP contribution >= 0.6 is 0 Å². The summed E-state index contributed by atoms with van der Waals surface area (Å²) in [5, 5.41) is 0. The molecule has 0 radical (unpaired) electrons. The van der Waals surface area contributed by atoms with E-state index >= 15 is 0 Å². The van der Waals surface area contributed by atoms with Crippen molar-refractivity contribution in [1.82, 2.24) is 0 Å². The monoisotopic (exact) mass is 401 g/mol. The maximum atomic E-state index is 2.65. The molecule has 2 heterocycles. The zero-order valence-electron chi connectivity index (χ0n) is 19.9. The average Bonchev–Trinajstić information content (AvgIpc) is 2.68. The molecule has 0 fully saturated rings. The van der Waals surface area contributed by atoms with E-state index in [0.717, 1.165) is 6.42 Å². The smallest absolute Gasteiger partial charge is 0.0442 e. The van der Waals surface area contributed by atoms with Crippen LogP contribution in [0.3, 0.4) is 0 Å². The Morgan fingerprint density at radius 2 is 1.53 bits per heavy atom. The Bertz CT molecular complexity index is 919. The second kappa shape index (κ2) is 7.91. The van der Waals surface area contributed by atoms with Gasteiger partial charge in [0.05, 0.1) is 0 Å². The zero-order chi connectivity index (χ0) is 21.5. The number of aryl methyl sites for hydroxylation is 3. The zero-order valence-corrected chi connectivity index (χ0v) is 19.9. The highest BCUT2D eigenvalue weighted by atomic mass is 15.2. The highest BCUT2D eigenvalue weighted by Crippen LogP contribution is 2.49. The minimum atomic E-state index is 0.265. The molecule has 0 aromatic heterocycles. The summed E-state index contributed by atoms with van der Waals surface area (Å²) < 4.78 is 0. The third-order valence-corrected chi connectivity index (χ3v) is 7.55. The lowest BCUT2D eigenvalue weighted by Crippen LogP contribution is -2.44. The van der Waals surface area contributed by atoms with Crippen molar-refractivity contribution in [3.63, 3.8) is 0 Å². The molecule has 160 valence electrons. The first-order valence-corrected chi connectivity index (χ1v) is 11.8. The van der Waals surface area contributed by atoms with Crippen molar-refractivity contribution in [3.05, 3.63) is 69.8 Å². The highest BCUT2D eigenvalue weighted by Gasteiger charge is 2.39. The SMILES string of the molecule is Cc1ccc(CCC/C=C/c2cc3c4c(c2)C(C)(C)CCN4CCC3(C)C)c(C)c1. The number of allylic oxidation sites excluding steroid dienone is 1. The van der Waals surface area contributed by atoms with E-state index < -0.39 is 0 Å². The van der Waals surface area contributed by atoms with Crippen LogP contribution in [-0.4, -0.2) is 13.1 Å². The number of rotatable bonds is 5. The van der Waals surface area contributed by atoms with Crippen molar-refractivity contribution in [3.8, 4) is 0 Å². The molecule has 0 N–H and O–H groups in total. The highest BCUT2D eigenvalue weighted by molar-refractivity contribution is 5.71. The van der Waals surface area contributed by atoms with E-state index in [4.69, 9.17) is 0 Å². The Morgan fingerprint density at radius 3 is 2.13 bits per heavy atom. The standard InChI is InChI=1S/C29H39N/c1-21-12-13-24(22(2)18-21)11-9-7-8-10-23-19-25-27-26(20-23)29(5,6)15-17-30(27)16-14-28(25,3)4/h8,10,12-13,18-20H,7,9,11,14-17H2,1-6H3/b10-8+. The van der Waals surface area contributed by atoms with Gasteiger partial charge in [-0.3, -0.25) is 0 Å². The van der Waals surface area contributed by atoms with E-state index in [-0.39, 0.29) is 10.8 Å². The van der Waals surface area contributed by atoms with Gasteiger partial charge >= 0.3 is 0 Å². The predicted molar refractivity (Wildman–Crippen MR) is 132 cm³/mol. The third-order valence-electron chi connectivity index (χ3n) is 7.55. The van der Waals surface area contributed by atoms with E-state index in [1.807, 2.05) is 0 Å². The van der Waals surface area contributed by atoms with Crippen LogP contribution in [-0.2, 0) is 17.3 Å². The molecule has 1 heteroatoms. The minimum Gasteiger partial charge on any atom is -0.371 e. The number of unbranched alkanes of at least 4 members (excludes halogenated alkanes) is 1. The summed E-state index contributed by atoms with van der Waals surface area (Å²) in [6.45, 7) is 16.5. The Kier molecular flexibility index (Phi) is 5.60. The average molecular weight is 402 g/mol. The number of nitrogens with zero attached hydrogens (tertiary/aromatic N) is 1. The fourth-order valence-electron chi connectivity index (χ4n) is 5.32. The van der Waals surface area contributed by atoms with Crippen molar-refractivity contribution < 1.29 is 0 Å². The van der Waals surface area contributed by atoms with Gasteiger partial charge in [-0.25, -0.2) is 0 Å². The molecule has 2 aliphatic rings. The van der Waals surface area contributed by atoms with Gasteiger partial charge in [-0.15, -0.1) is 0 Å². The largest absolute Gasteiger partial charge is 0.371 e. The fourth-order valence-corrected chi connectivity index (χ4v) is 5.32. The van der Waals surface area contributed by atoms with Crippen molar-refractivity contribution in [2.75, 3.05) is 18.0 Å². The van der Waals surface area contributed by atoms with E-state index in [1.54, 1.807) is 16.8 Å². The van der Waals surface area contributed by atoms with Crippen LogP contribution in [0.1, 0.15) is 86.8 Å². The molecule has 0 aliphatic carbocycles. The lowest BCUT2D eigenvalue weighted by Gasteiger charge is -2.48. The van der Waals surface area contributed by atoms with Gasteiger partial charge in [0.1, 0.15) is 0 Å². The van der Waals surface area contributed by atoms with Crippen LogP contribution in [0.25, 0.3) is 6.08 Å². The van der Waals surface area contributed by atoms with E-state index in [9.17, 15) is 0 Å². The topological polar surface area (TPSA) is 3.24 Å². The van der Waals surface area contributed by atoms with Gasteiger partial charge in [-0.1, -0.05) is 63.6 Å². The van der Waals surface area contributed by atoms with Crippen LogP contribution in [0.4, 0.5) is 5.69 Å². The molecule has 30 heavy (non-hydrogen) atoms. The maximum absolute atomic E-state index is 2.65. The molecular weight excluding hydrogens is 362 g/mol. The third kappa shape index (κ3) is 4.09. The van der Waals surface area contributed by atoms with Crippen LogP contribution in [0, 0.1) is 13.8 Å². The summed E-state index contributed by atoms with van der Waals surface area (Å²) in [6, 6.07) is 11.8. The van der Waals surface area contributed by atoms with Gasteiger partial charge in [0.2, 0.25) is 0 Å². The van der Waals surface area contributed by atoms with Crippen LogP contribution in [0.15, 0.2) is 36.4 Å². The Hall–Kier alpha value is -2.02. The summed E-state index contributed by atoms with van der Waals surface area (Å²) >= 11 is 0. The minimum absolute atomic E-state index is 0.265. The van der Waals surface area contributed by atoms with Crippen LogP contribution < -0.4 is 4.90 Å². The predicted octanol–water partition coefficient (Wildman–Crippen LogP) is 7.51. The Labute approximate surface area is 184 Å². The lowest BCUT2D eigenvalue weighted by atomic mass is 9.69. The summed E-state index contributed by atoms with van der Waals surface area (Å²) in [5.41, 5.74) is 10.9. The molecule has 2 aliphatic heterocycles. The quantitative estimate of drug-likeness (QED) is 0.469. The van der Waals surface area contributed by atoms with Crippen molar-refractivity contribution in [1.29, 1.82) is 0 Å².